The largest absolute Gasteiger partial charge is 0.397 e. The van der Waals surface area contributed by atoms with Crippen LogP contribution in [0.15, 0.2) is 52.3 Å². The lowest BCUT2D eigenvalue weighted by Gasteiger charge is -2.03. The van der Waals surface area contributed by atoms with Gasteiger partial charge in [0, 0.05) is 15.4 Å². The van der Waals surface area contributed by atoms with E-state index in [4.69, 9.17) is 5.73 Å². The van der Waals surface area contributed by atoms with Gasteiger partial charge in [-0.05, 0) is 11.6 Å². The number of benzene rings is 2. The van der Waals surface area contributed by atoms with E-state index in [0.717, 1.165) is 11.3 Å². The van der Waals surface area contributed by atoms with Gasteiger partial charge in [-0.3, -0.25) is 0 Å². The van der Waals surface area contributed by atoms with Gasteiger partial charge in [-0.2, -0.15) is 0 Å². The second-order valence-electron chi connectivity index (χ2n) is 3.32. The molecule has 2 N–H and O–H groups in total. The molecule has 2 heteroatoms. The Balaban J connectivity index is 2.19. The minimum Gasteiger partial charge on any atom is -0.397 e. The van der Waals surface area contributed by atoms with E-state index in [1.54, 1.807) is 11.8 Å². The molecule has 0 aromatic heterocycles. The van der Waals surface area contributed by atoms with Crippen LogP contribution in [0.1, 0.15) is 0 Å². The lowest BCUT2D eigenvalue weighted by molar-refractivity contribution is 1.38. The fourth-order valence-electron chi connectivity index (χ4n) is 1.62. The first-order valence-corrected chi connectivity index (χ1v) is 5.33. The van der Waals surface area contributed by atoms with Gasteiger partial charge in [0.1, 0.15) is 0 Å². The third-order valence-corrected chi connectivity index (χ3v) is 3.42. The van der Waals surface area contributed by atoms with Crippen LogP contribution in [0.5, 0.6) is 0 Å². The Morgan fingerprint density at radius 1 is 0.929 bits per heavy atom. The smallest absolute Gasteiger partial charge is 0.0547 e. The molecule has 3 rings (SSSR count). The van der Waals surface area contributed by atoms with E-state index in [9.17, 15) is 0 Å². The Hall–Kier alpha value is -1.41. The van der Waals surface area contributed by atoms with Crippen LogP contribution in [0.25, 0.3) is 11.1 Å². The molecule has 2 aromatic carbocycles. The van der Waals surface area contributed by atoms with Crippen molar-refractivity contribution in [3.63, 3.8) is 0 Å². The molecule has 1 nitrogen and oxygen atoms in total. The van der Waals surface area contributed by atoms with Crippen LogP contribution in [-0.2, 0) is 0 Å². The summed E-state index contributed by atoms with van der Waals surface area (Å²) < 4.78 is 0. The lowest BCUT2D eigenvalue weighted by Crippen LogP contribution is -1.88. The quantitative estimate of drug-likeness (QED) is 0.480. The molecule has 0 bridgehead atoms. The summed E-state index contributed by atoms with van der Waals surface area (Å²) in [4.78, 5) is 2.58. The Morgan fingerprint density at radius 3 is 2.50 bits per heavy atom. The van der Waals surface area contributed by atoms with Gasteiger partial charge in [-0.1, -0.05) is 48.2 Å². The molecule has 0 atom stereocenters. The number of nitrogen functional groups attached to an aromatic ring is 1. The fourth-order valence-corrected chi connectivity index (χ4v) is 2.33. The van der Waals surface area contributed by atoms with Crippen molar-refractivity contribution < 1.29 is 0 Å². The van der Waals surface area contributed by atoms with Gasteiger partial charge in [0.2, 0.25) is 0 Å². The molecule has 68 valence electrons. The van der Waals surface area contributed by atoms with Crippen LogP contribution >= 0.6 is 11.8 Å². The van der Waals surface area contributed by atoms with E-state index < -0.39 is 0 Å². The molecular weight excluding hydrogens is 190 g/mol. The van der Waals surface area contributed by atoms with Gasteiger partial charge in [0.25, 0.3) is 0 Å². The summed E-state index contributed by atoms with van der Waals surface area (Å²) in [6.07, 6.45) is 0. The predicted molar refractivity (Wildman–Crippen MR) is 60.4 cm³/mol. The van der Waals surface area contributed by atoms with Crippen molar-refractivity contribution in [1.29, 1.82) is 0 Å². The van der Waals surface area contributed by atoms with E-state index >= 15 is 0 Å². The van der Waals surface area contributed by atoms with Crippen LogP contribution in [0.4, 0.5) is 5.69 Å². The van der Waals surface area contributed by atoms with Crippen molar-refractivity contribution in [3.05, 3.63) is 42.5 Å². The van der Waals surface area contributed by atoms with E-state index in [1.165, 1.54) is 15.4 Å². The zero-order chi connectivity index (χ0) is 9.54. The monoisotopic (exact) mass is 199 g/mol. The van der Waals surface area contributed by atoms with Gasteiger partial charge in [0.05, 0.1) is 5.69 Å². The van der Waals surface area contributed by atoms with Crippen LogP contribution in [0.3, 0.4) is 0 Å². The van der Waals surface area contributed by atoms with E-state index in [0.29, 0.717) is 0 Å². The summed E-state index contributed by atoms with van der Waals surface area (Å²) in [5.41, 5.74) is 9.32. The molecule has 0 saturated carbocycles. The van der Waals surface area contributed by atoms with Crippen molar-refractivity contribution in [2.24, 2.45) is 0 Å². The second-order valence-corrected chi connectivity index (χ2v) is 4.37. The molecule has 0 aliphatic carbocycles. The number of fused-ring (bicyclic) bond motifs is 1. The highest BCUT2D eigenvalue weighted by Crippen LogP contribution is 2.54. The maximum absolute atomic E-state index is 6.05. The van der Waals surface area contributed by atoms with E-state index in [-0.39, 0.29) is 0 Å². The summed E-state index contributed by atoms with van der Waals surface area (Å²) >= 11 is 1.77. The van der Waals surface area contributed by atoms with Gasteiger partial charge in [-0.15, -0.1) is 0 Å². The number of nitrogens with two attached hydrogens (primary N) is 1. The summed E-state index contributed by atoms with van der Waals surface area (Å²) in [6.45, 7) is 0. The maximum atomic E-state index is 6.05. The molecule has 0 fully saturated rings. The summed E-state index contributed by atoms with van der Waals surface area (Å²) in [6, 6.07) is 14.5. The van der Waals surface area contributed by atoms with Crippen molar-refractivity contribution in [1.82, 2.24) is 0 Å². The van der Waals surface area contributed by atoms with Gasteiger partial charge < -0.3 is 5.73 Å². The standard InChI is InChI=1S/C12H9NS/c13-11-9(6-7-10-12(11)14-10)8-4-2-1-3-5-8/h1-7H,13H2. The van der Waals surface area contributed by atoms with Gasteiger partial charge in [-0.25, -0.2) is 0 Å². The maximum Gasteiger partial charge on any atom is 0.0547 e. The third kappa shape index (κ3) is 1.11. The van der Waals surface area contributed by atoms with E-state index in [2.05, 4.69) is 24.3 Å². The first-order valence-electron chi connectivity index (χ1n) is 4.52. The topological polar surface area (TPSA) is 26.0 Å². The SMILES string of the molecule is Nc1c(-c2ccccc2)ccc2c1S2. The molecule has 0 saturated heterocycles. The Bertz CT molecular complexity index is 491. The predicted octanol–water partition coefficient (Wildman–Crippen LogP) is 3.40. The lowest BCUT2D eigenvalue weighted by atomic mass is 10.0. The van der Waals surface area contributed by atoms with Crippen molar-refractivity contribution in [2.45, 2.75) is 9.79 Å². The van der Waals surface area contributed by atoms with Crippen molar-refractivity contribution in [3.8, 4) is 11.1 Å². The number of rotatable bonds is 1. The Kier molecular flexibility index (Phi) is 1.58. The van der Waals surface area contributed by atoms with Crippen LogP contribution in [-0.4, -0.2) is 0 Å². The highest BCUT2D eigenvalue weighted by molar-refractivity contribution is 8.05. The summed E-state index contributed by atoms with van der Waals surface area (Å²) in [7, 11) is 0. The zero-order valence-electron chi connectivity index (χ0n) is 7.53. The molecule has 0 spiro atoms. The molecule has 0 radical (unpaired) electrons. The molecule has 1 aliphatic heterocycles. The van der Waals surface area contributed by atoms with Crippen LogP contribution < -0.4 is 5.73 Å². The molecule has 2 aromatic rings. The molecule has 14 heavy (non-hydrogen) atoms. The second kappa shape index (κ2) is 2.79. The average Bonchev–Trinajstić information content (AvgIpc) is 3.00. The number of anilines is 1. The molecule has 0 unspecified atom stereocenters. The molecular formula is C12H9NS. The normalized spacial score (nSPS) is 12.3. The first kappa shape index (κ1) is 7.94. The number of hydrogen-bond donors (Lipinski definition) is 1. The third-order valence-electron chi connectivity index (χ3n) is 2.42. The molecule has 1 heterocycles. The van der Waals surface area contributed by atoms with Crippen molar-refractivity contribution >= 4 is 17.4 Å². The highest BCUT2D eigenvalue weighted by Gasteiger charge is 2.23. The Morgan fingerprint density at radius 2 is 1.71 bits per heavy atom. The summed E-state index contributed by atoms with van der Waals surface area (Å²) in [5, 5.41) is 0. The fraction of sp³-hybridized carbons (Fsp3) is 0. The summed E-state index contributed by atoms with van der Waals surface area (Å²) in [5.74, 6) is 0. The average molecular weight is 199 g/mol. The first-order chi connectivity index (χ1) is 6.86. The Labute approximate surface area is 86.9 Å². The van der Waals surface area contributed by atoms with Crippen LogP contribution in [0.2, 0.25) is 0 Å². The van der Waals surface area contributed by atoms with E-state index in [1.807, 2.05) is 18.2 Å². The minimum absolute atomic E-state index is 0.929. The molecule has 1 aliphatic rings. The minimum atomic E-state index is 0.929. The number of hydrogen-bond acceptors (Lipinski definition) is 2. The zero-order valence-corrected chi connectivity index (χ0v) is 8.34. The van der Waals surface area contributed by atoms with Crippen LogP contribution in [0, 0.1) is 0 Å². The van der Waals surface area contributed by atoms with Gasteiger partial charge in [0.15, 0.2) is 0 Å². The highest BCUT2D eigenvalue weighted by atomic mass is 32.2. The van der Waals surface area contributed by atoms with Crippen molar-refractivity contribution in [2.75, 3.05) is 5.73 Å². The molecule has 0 amide bonds. The van der Waals surface area contributed by atoms with Gasteiger partial charge >= 0.3 is 0 Å².